The molecule has 0 aliphatic carbocycles. The minimum Gasteiger partial charge on any atom is -0.324 e. The predicted octanol–water partition coefficient (Wildman–Crippen LogP) is 2.82. The molecule has 0 fully saturated rings. The van der Waals surface area contributed by atoms with Gasteiger partial charge in [-0.15, -0.1) is 0 Å². The zero-order valence-electron chi connectivity index (χ0n) is 15.6. The van der Waals surface area contributed by atoms with Crippen molar-refractivity contribution in [3.05, 3.63) is 76.6 Å². The van der Waals surface area contributed by atoms with Crippen molar-refractivity contribution in [3.8, 4) is 11.3 Å². The Hall–Kier alpha value is -3.74. The second-order valence-corrected chi connectivity index (χ2v) is 6.32. The van der Waals surface area contributed by atoms with Crippen LogP contribution in [0, 0.1) is 6.92 Å². The molecule has 3 aromatic rings. The second kappa shape index (κ2) is 8.30. The first-order valence-electron chi connectivity index (χ1n) is 8.74. The summed E-state index contributed by atoms with van der Waals surface area (Å²) in [7, 11) is 0. The first-order chi connectivity index (χ1) is 13.4. The highest BCUT2D eigenvalue weighted by molar-refractivity contribution is 5.91. The van der Waals surface area contributed by atoms with Crippen LogP contribution in [0.2, 0.25) is 0 Å². The van der Waals surface area contributed by atoms with Crippen LogP contribution in [0.5, 0.6) is 0 Å². The highest BCUT2D eigenvalue weighted by Crippen LogP contribution is 2.18. The van der Waals surface area contributed by atoms with E-state index in [2.05, 4.69) is 15.7 Å². The average molecular weight is 376 g/mol. The smallest absolute Gasteiger partial charge is 0.291 e. The van der Waals surface area contributed by atoms with E-state index in [1.807, 2.05) is 55.5 Å². The van der Waals surface area contributed by atoms with Gasteiger partial charge in [0.1, 0.15) is 12.2 Å². The molecule has 0 spiro atoms. The normalized spacial score (nSPS) is 10.4. The van der Waals surface area contributed by atoms with Crippen LogP contribution in [0.1, 0.15) is 12.5 Å². The van der Waals surface area contributed by atoms with Crippen LogP contribution in [-0.2, 0) is 16.1 Å². The topological polar surface area (TPSA) is 93.1 Å². The van der Waals surface area contributed by atoms with E-state index in [1.165, 1.54) is 13.0 Å². The van der Waals surface area contributed by atoms with E-state index in [-0.39, 0.29) is 24.0 Å². The molecule has 0 unspecified atom stereocenters. The van der Waals surface area contributed by atoms with Crippen LogP contribution in [-0.4, -0.2) is 21.6 Å². The van der Waals surface area contributed by atoms with Gasteiger partial charge in [-0.3, -0.25) is 14.4 Å². The van der Waals surface area contributed by atoms with E-state index in [0.717, 1.165) is 15.8 Å². The number of nitrogens with zero attached hydrogens (tertiary/aromatic N) is 2. The summed E-state index contributed by atoms with van der Waals surface area (Å²) in [6.45, 7) is 2.92. The summed E-state index contributed by atoms with van der Waals surface area (Å²) < 4.78 is 1.06. The third kappa shape index (κ3) is 4.50. The summed E-state index contributed by atoms with van der Waals surface area (Å²) >= 11 is 0. The number of aryl methyl sites for hydroxylation is 1. The Kier molecular flexibility index (Phi) is 5.64. The molecular formula is C21H20N4O3. The van der Waals surface area contributed by atoms with Crippen molar-refractivity contribution in [1.82, 2.24) is 9.78 Å². The molecule has 7 nitrogen and oxygen atoms in total. The monoisotopic (exact) mass is 376 g/mol. The molecule has 0 aliphatic rings. The van der Waals surface area contributed by atoms with Crippen LogP contribution >= 0.6 is 0 Å². The Balaban J connectivity index is 1.94. The van der Waals surface area contributed by atoms with Gasteiger partial charge in [0.15, 0.2) is 0 Å². The van der Waals surface area contributed by atoms with Gasteiger partial charge in [0.2, 0.25) is 11.8 Å². The van der Waals surface area contributed by atoms with E-state index in [1.54, 1.807) is 6.07 Å². The molecule has 1 aromatic heterocycles. The number of anilines is 2. The summed E-state index contributed by atoms with van der Waals surface area (Å²) in [5.41, 5.74) is 2.35. The lowest BCUT2D eigenvalue weighted by Gasteiger charge is -2.12. The quantitative estimate of drug-likeness (QED) is 0.716. The number of amides is 2. The van der Waals surface area contributed by atoms with Crippen molar-refractivity contribution in [2.75, 3.05) is 10.6 Å². The number of hydrogen-bond donors (Lipinski definition) is 2. The molecule has 3 rings (SSSR count). The van der Waals surface area contributed by atoms with Crippen LogP contribution in [0.25, 0.3) is 11.3 Å². The third-order valence-electron chi connectivity index (χ3n) is 4.07. The fraction of sp³-hybridized carbons (Fsp3) is 0.143. The van der Waals surface area contributed by atoms with Crippen molar-refractivity contribution in [2.45, 2.75) is 20.4 Å². The number of nitrogens with one attached hydrogen (secondary N) is 2. The van der Waals surface area contributed by atoms with E-state index in [4.69, 9.17) is 0 Å². The van der Waals surface area contributed by atoms with Gasteiger partial charge in [-0.2, -0.15) is 5.10 Å². The van der Waals surface area contributed by atoms with Crippen LogP contribution < -0.4 is 16.2 Å². The number of benzene rings is 2. The maximum Gasteiger partial charge on any atom is 0.291 e. The van der Waals surface area contributed by atoms with Crippen molar-refractivity contribution < 1.29 is 9.59 Å². The summed E-state index contributed by atoms with van der Waals surface area (Å²) in [5, 5.41) is 9.60. The number of para-hydroxylation sites is 1. The molecule has 142 valence electrons. The molecule has 7 heteroatoms. The van der Waals surface area contributed by atoms with Crippen molar-refractivity contribution in [3.63, 3.8) is 0 Å². The zero-order chi connectivity index (χ0) is 20.1. The van der Waals surface area contributed by atoms with E-state index in [0.29, 0.717) is 11.4 Å². The van der Waals surface area contributed by atoms with Gasteiger partial charge in [-0.05, 0) is 24.6 Å². The Morgan fingerprint density at radius 3 is 2.32 bits per heavy atom. The van der Waals surface area contributed by atoms with Gasteiger partial charge in [0.05, 0.1) is 5.69 Å². The molecular weight excluding hydrogens is 356 g/mol. The lowest BCUT2D eigenvalue weighted by Crippen LogP contribution is -2.32. The fourth-order valence-electron chi connectivity index (χ4n) is 2.72. The maximum atomic E-state index is 12.6. The van der Waals surface area contributed by atoms with Crippen LogP contribution in [0.3, 0.4) is 0 Å². The van der Waals surface area contributed by atoms with Crippen molar-refractivity contribution >= 4 is 23.2 Å². The minimum absolute atomic E-state index is 0.0741. The highest BCUT2D eigenvalue weighted by atomic mass is 16.2. The Labute approximate surface area is 162 Å². The molecule has 2 N–H and O–H groups in total. The van der Waals surface area contributed by atoms with Gasteiger partial charge in [-0.1, -0.05) is 48.5 Å². The number of hydrogen-bond acceptors (Lipinski definition) is 4. The number of rotatable bonds is 5. The van der Waals surface area contributed by atoms with Gasteiger partial charge in [0, 0.05) is 18.2 Å². The number of aromatic nitrogens is 2. The maximum absolute atomic E-state index is 12.6. The summed E-state index contributed by atoms with van der Waals surface area (Å²) in [4.78, 5) is 36.6. The highest BCUT2D eigenvalue weighted by Gasteiger charge is 2.14. The third-order valence-corrected chi connectivity index (χ3v) is 4.07. The SMILES string of the molecule is CC(=O)Nc1cc(-c2ccccc2)nn(CC(=O)Nc2ccccc2C)c1=O. The van der Waals surface area contributed by atoms with Crippen molar-refractivity contribution in [1.29, 1.82) is 0 Å². The molecule has 0 saturated carbocycles. The summed E-state index contributed by atoms with van der Waals surface area (Å²) in [5.74, 6) is -0.763. The molecule has 2 amide bonds. The Morgan fingerprint density at radius 1 is 0.964 bits per heavy atom. The largest absolute Gasteiger partial charge is 0.324 e. The van der Waals surface area contributed by atoms with Gasteiger partial charge in [-0.25, -0.2) is 4.68 Å². The minimum atomic E-state index is -0.546. The standard InChI is InChI=1S/C21H20N4O3/c1-14-8-6-7-11-17(14)23-20(27)13-25-21(28)19(22-15(2)26)12-18(24-25)16-9-4-3-5-10-16/h3-12H,13H2,1-2H3,(H,22,26)(H,23,27). The first kappa shape index (κ1) is 19.0. The molecule has 28 heavy (non-hydrogen) atoms. The zero-order valence-corrected chi connectivity index (χ0v) is 15.6. The lowest BCUT2D eigenvalue weighted by atomic mass is 10.1. The molecule has 0 saturated heterocycles. The average Bonchev–Trinajstić information content (AvgIpc) is 2.67. The van der Waals surface area contributed by atoms with Crippen LogP contribution in [0.4, 0.5) is 11.4 Å². The van der Waals surface area contributed by atoms with Crippen LogP contribution in [0.15, 0.2) is 65.5 Å². The van der Waals surface area contributed by atoms with E-state index in [9.17, 15) is 14.4 Å². The van der Waals surface area contributed by atoms with Gasteiger partial charge < -0.3 is 10.6 Å². The summed E-state index contributed by atoms with van der Waals surface area (Å²) in [6.07, 6.45) is 0. The van der Waals surface area contributed by atoms with E-state index < -0.39 is 5.56 Å². The Bertz CT molecular complexity index is 1070. The first-order valence-corrected chi connectivity index (χ1v) is 8.74. The number of carbonyl (C=O) groups excluding carboxylic acids is 2. The predicted molar refractivity (Wildman–Crippen MR) is 108 cm³/mol. The molecule has 0 bridgehead atoms. The number of carbonyl (C=O) groups is 2. The van der Waals surface area contributed by atoms with Gasteiger partial charge >= 0.3 is 0 Å². The molecule has 0 radical (unpaired) electrons. The molecule has 0 atom stereocenters. The van der Waals surface area contributed by atoms with E-state index >= 15 is 0 Å². The Morgan fingerprint density at radius 2 is 1.64 bits per heavy atom. The fourth-order valence-corrected chi connectivity index (χ4v) is 2.72. The molecule has 2 aromatic carbocycles. The molecule has 0 aliphatic heterocycles. The lowest BCUT2D eigenvalue weighted by molar-refractivity contribution is -0.117. The summed E-state index contributed by atoms with van der Waals surface area (Å²) in [6, 6.07) is 18.1. The molecule has 1 heterocycles. The van der Waals surface area contributed by atoms with Crippen molar-refractivity contribution in [2.24, 2.45) is 0 Å². The van der Waals surface area contributed by atoms with Gasteiger partial charge in [0.25, 0.3) is 5.56 Å². The second-order valence-electron chi connectivity index (χ2n) is 6.32.